The van der Waals surface area contributed by atoms with Gasteiger partial charge in [-0.1, -0.05) is 42.6 Å². The third kappa shape index (κ3) is 4.11. The molecule has 0 amide bonds. The molecule has 20 heavy (non-hydrogen) atoms. The molecule has 0 bridgehead atoms. The second kappa shape index (κ2) is 7.13. The number of hydrogen-bond donors (Lipinski definition) is 2. The number of hydrogen-bond acceptors (Lipinski definition) is 2. The predicted molar refractivity (Wildman–Crippen MR) is 85.4 cm³/mol. The van der Waals surface area contributed by atoms with Crippen LogP contribution in [0.5, 0.6) is 0 Å². The largest absolute Gasteiger partial charge is 0.389 e. The van der Waals surface area contributed by atoms with E-state index in [0.717, 1.165) is 37.2 Å². The van der Waals surface area contributed by atoms with Crippen LogP contribution in [0.1, 0.15) is 44.6 Å². The summed E-state index contributed by atoms with van der Waals surface area (Å²) in [5.41, 5.74) is 0.334. The lowest BCUT2D eigenvalue weighted by Gasteiger charge is -2.36. The van der Waals surface area contributed by atoms with Crippen molar-refractivity contribution in [1.29, 1.82) is 0 Å². The molecule has 1 aromatic carbocycles. The fourth-order valence-corrected chi connectivity index (χ4v) is 3.45. The van der Waals surface area contributed by atoms with Crippen LogP contribution in [-0.4, -0.2) is 17.3 Å². The molecule has 4 heteroatoms. The molecule has 0 unspecified atom stereocenters. The van der Waals surface area contributed by atoms with Crippen LogP contribution in [-0.2, 0) is 6.54 Å². The zero-order valence-electron chi connectivity index (χ0n) is 12.0. The summed E-state index contributed by atoms with van der Waals surface area (Å²) in [4.78, 5) is 0. The zero-order chi connectivity index (χ0) is 14.6. The standard InChI is InChI=1S/C16H23Cl2NO/c1-2-12-6-8-16(20,9-7-12)11-19-10-13-14(17)4-3-5-15(13)18/h3-5,12,19-20H,2,6-11H2,1H3. The first kappa shape index (κ1) is 16.1. The average molecular weight is 316 g/mol. The molecule has 1 aliphatic carbocycles. The van der Waals surface area contributed by atoms with E-state index in [0.29, 0.717) is 23.1 Å². The first-order chi connectivity index (χ1) is 9.54. The van der Waals surface area contributed by atoms with Gasteiger partial charge >= 0.3 is 0 Å². The Kier molecular flexibility index (Phi) is 5.74. The Bertz CT molecular complexity index is 422. The predicted octanol–water partition coefficient (Wildman–Crippen LogP) is 4.41. The molecular weight excluding hydrogens is 293 g/mol. The minimum atomic E-state index is -0.570. The summed E-state index contributed by atoms with van der Waals surface area (Å²) in [7, 11) is 0. The summed E-state index contributed by atoms with van der Waals surface area (Å²) in [6, 6.07) is 5.52. The molecule has 0 heterocycles. The molecule has 1 fully saturated rings. The van der Waals surface area contributed by atoms with E-state index in [2.05, 4.69) is 12.2 Å². The summed E-state index contributed by atoms with van der Waals surface area (Å²) < 4.78 is 0. The lowest BCUT2D eigenvalue weighted by molar-refractivity contribution is -0.00881. The highest BCUT2D eigenvalue weighted by atomic mass is 35.5. The molecule has 2 nitrogen and oxygen atoms in total. The van der Waals surface area contributed by atoms with Gasteiger partial charge in [-0.15, -0.1) is 0 Å². The van der Waals surface area contributed by atoms with Crippen LogP contribution in [0.2, 0.25) is 10.0 Å². The average Bonchev–Trinajstić information content (AvgIpc) is 2.43. The van der Waals surface area contributed by atoms with Crippen molar-refractivity contribution in [2.24, 2.45) is 5.92 Å². The maximum atomic E-state index is 10.6. The van der Waals surface area contributed by atoms with Crippen LogP contribution in [0.4, 0.5) is 0 Å². The lowest BCUT2D eigenvalue weighted by atomic mass is 9.78. The van der Waals surface area contributed by atoms with Crippen molar-refractivity contribution >= 4 is 23.2 Å². The number of aliphatic hydroxyl groups is 1. The molecule has 0 radical (unpaired) electrons. The third-order valence-corrected chi connectivity index (χ3v) is 5.14. The Hall–Kier alpha value is -0.280. The van der Waals surface area contributed by atoms with Gasteiger partial charge in [-0.3, -0.25) is 0 Å². The Morgan fingerprint density at radius 1 is 1.25 bits per heavy atom. The zero-order valence-corrected chi connectivity index (χ0v) is 13.5. The fraction of sp³-hybridized carbons (Fsp3) is 0.625. The number of halogens is 2. The minimum Gasteiger partial charge on any atom is -0.389 e. The monoisotopic (exact) mass is 315 g/mol. The van der Waals surface area contributed by atoms with Crippen molar-refractivity contribution in [2.75, 3.05) is 6.54 Å². The first-order valence-corrected chi connectivity index (χ1v) is 8.15. The van der Waals surface area contributed by atoms with Crippen molar-refractivity contribution < 1.29 is 5.11 Å². The smallest absolute Gasteiger partial charge is 0.0771 e. The van der Waals surface area contributed by atoms with E-state index in [1.807, 2.05) is 18.2 Å². The maximum absolute atomic E-state index is 10.6. The summed E-state index contributed by atoms with van der Waals surface area (Å²) >= 11 is 12.3. The van der Waals surface area contributed by atoms with Crippen LogP contribution in [0.25, 0.3) is 0 Å². The minimum absolute atomic E-state index is 0.570. The lowest BCUT2D eigenvalue weighted by Crippen LogP contribution is -2.43. The van der Waals surface area contributed by atoms with Gasteiger partial charge in [-0.25, -0.2) is 0 Å². The number of nitrogens with one attached hydrogen (secondary N) is 1. The van der Waals surface area contributed by atoms with E-state index in [1.54, 1.807) is 0 Å². The van der Waals surface area contributed by atoms with Gasteiger partial charge < -0.3 is 10.4 Å². The van der Waals surface area contributed by atoms with Gasteiger partial charge in [0, 0.05) is 28.7 Å². The van der Waals surface area contributed by atoms with Crippen molar-refractivity contribution in [2.45, 2.75) is 51.2 Å². The number of benzene rings is 1. The van der Waals surface area contributed by atoms with Crippen molar-refractivity contribution in [1.82, 2.24) is 5.32 Å². The normalized spacial score (nSPS) is 26.7. The Morgan fingerprint density at radius 3 is 2.40 bits per heavy atom. The fourth-order valence-electron chi connectivity index (χ4n) is 2.92. The van der Waals surface area contributed by atoms with Crippen LogP contribution < -0.4 is 5.32 Å². The third-order valence-electron chi connectivity index (χ3n) is 4.43. The molecule has 0 aromatic heterocycles. The topological polar surface area (TPSA) is 32.3 Å². The maximum Gasteiger partial charge on any atom is 0.0771 e. The molecule has 0 aliphatic heterocycles. The van der Waals surface area contributed by atoms with E-state index >= 15 is 0 Å². The van der Waals surface area contributed by atoms with Crippen molar-refractivity contribution in [3.8, 4) is 0 Å². The van der Waals surface area contributed by atoms with E-state index < -0.39 is 5.60 Å². The van der Waals surface area contributed by atoms with E-state index in [-0.39, 0.29) is 0 Å². The van der Waals surface area contributed by atoms with Crippen LogP contribution >= 0.6 is 23.2 Å². The highest BCUT2D eigenvalue weighted by Crippen LogP contribution is 2.33. The van der Waals surface area contributed by atoms with E-state index in [4.69, 9.17) is 23.2 Å². The molecule has 112 valence electrons. The summed E-state index contributed by atoms with van der Waals surface area (Å²) in [6.45, 7) is 3.43. The molecule has 0 saturated heterocycles. The first-order valence-electron chi connectivity index (χ1n) is 7.40. The van der Waals surface area contributed by atoms with Crippen LogP contribution in [0.15, 0.2) is 18.2 Å². The summed E-state index contributed by atoms with van der Waals surface area (Å²) in [5, 5.41) is 15.2. The van der Waals surface area contributed by atoms with E-state index in [9.17, 15) is 5.11 Å². The van der Waals surface area contributed by atoms with Gasteiger partial charge in [0.15, 0.2) is 0 Å². The van der Waals surface area contributed by atoms with Crippen molar-refractivity contribution in [3.63, 3.8) is 0 Å². The second-order valence-corrected chi connectivity index (χ2v) is 6.69. The Balaban J connectivity index is 1.84. The van der Waals surface area contributed by atoms with Gasteiger partial charge in [-0.05, 0) is 43.7 Å². The van der Waals surface area contributed by atoms with Gasteiger partial charge in [0.05, 0.1) is 5.60 Å². The molecule has 0 atom stereocenters. The molecule has 2 rings (SSSR count). The Morgan fingerprint density at radius 2 is 1.85 bits per heavy atom. The molecule has 1 saturated carbocycles. The molecule has 2 N–H and O–H groups in total. The highest BCUT2D eigenvalue weighted by Gasteiger charge is 2.32. The van der Waals surface area contributed by atoms with Gasteiger partial charge in [0.2, 0.25) is 0 Å². The van der Waals surface area contributed by atoms with E-state index in [1.165, 1.54) is 6.42 Å². The molecule has 1 aromatic rings. The van der Waals surface area contributed by atoms with Crippen LogP contribution in [0.3, 0.4) is 0 Å². The van der Waals surface area contributed by atoms with Gasteiger partial charge in [0.1, 0.15) is 0 Å². The molecule has 1 aliphatic rings. The highest BCUT2D eigenvalue weighted by molar-refractivity contribution is 6.35. The van der Waals surface area contributed by atoms with Crippen molar-refractivity contribution in [3.05, 3.63) is 33.8 Å². The SMILES string of the molecule is CCC1CCC(O)(CNCc2c(Cl)cccc2Cl)CC1. The quantitative estimate of drug-likeness (QED) is 0.843. The van der Waals surface area contributed by atoms with Crippen LogP contribution in [0, 0.1) is 5.92 Å². The Labute approximate surface area is 131 Å². The molecule has 0 spiro atoms. The van der Waals surface area contributed by atoms with Gasteiger partial charge in [0.25, 0.3) is 0 Å². The van der Waals surface area contributed by atoms with Gasteiger partial charge in [-0.2, -0.15) is 0 Å². The molecular formula is C16H23Cl2NO. The second-order valence-electron chi connectivity index (χ2n) is 5.88. The number of rotatable bonds is 5. The summed E-state index contributed by atoms with van der Waals surface area (Å²) in [6.07, 6.45) is 5.24. The summed E-state index contributed by atoms with van der Waals surface area (Å²) in [5.74, 6) is 0.785.